The van der Waals surface area contributed by atoms with E-state index in [0.717, 1.165) is 16.9 Å². The summed E-state index contributed by atoms with van der Waals surface area (Å²) in [6.07, 6.45) is -0.827. The lowest BCUT2D eigenvalue weighted by Gasteiger charge is -2.07. The molecule has 0 aromatic heterocycles. The van der Waals surface area contributed by atoms with E-state index in [0.29, 0.717) is 11.3 Å². The molecule has 0 fully saturated rings. The van der Waals surface area contributed by atoms with Crippen LogP contribution in [0.5, 0.6) is 17.2 Å². The van der Waals surface area contributed by atoms with Crippen LogP contribution < -0.4 is 14.2 Å². The average Bonchev–Trinajstić information content (AvgIpc) is 2.74. The maximum atomic E-state index is 12.3. The fraction of sp³-hybridized carbons (Fsp3) is 0.0909. The minimum Gasteiger partial charge on any atom is -0.497 e. The maximum Gasteiger partial charge on any atom is 0.513 e. The van der Waals surface area contributed by atoms with Gasteiger partial charge in [-0.2, -0.15) is 0 Å². The van der Waals surface area contributed by atoms with E-state index in [1.54, 1.807) is 19.2 Å². The van der Waals surface area contributed by atoms with Crippen molar-refractivity contribution in [1.82, 2.24) is 0 Å². The Morgan fingerprint density at radius 2 is 1.07 bits per heavy atom. The lowest BCUT2D eigenvalue weighted by molar-refractivity contribution is 0.0735. The number of hydrogen-bond donors (Lipinski definition) is 0. The van der Waals surface area contributed by atoms with Crippen LogP contribution in [0.15, 0.2) is 72.8 Å². The molecule has 28 heavy (non-hydrogen) atoms. The number of methoxy groups -OCH3 is 2. The Morgan fingerprint density at radius 1 is 0.607 bits per heavy atom. The van der Waals surface area contributed by atoms with Gasteiger partial charge in [-0.05, 0) is 59.7 Å². The predicted molar refractivity (Wildman–Crippen MR) is 103 cm³/mol. The summed E-state index contributed by atoms with van der Waals surface area (Å²) in [7, 11) is 2.84. The van der Waals surface area contributed by atoms with Gasteiger partial charge in [0.15, 0.2) is 0 Å². The van der Waals surface area contributed by atoms with Gasteiger partial charge in [0, 0.05) is 0 Å². The second kappa shape index (κ2) is 8.73. The second-order valence-corrected chi connectivity index (χ2v) is 5.72. The van der Waals surface area contributed by atoms with Crippen molar-refractivity contribution in [3.63, 3.8) is 0 Å². The Morgan fingerprint density at radius 3 is 1.57 bits per heavy atom. The summed E-state index contributed by atoms with van der Waals surface area (Å²) in [4.78, 5) is 23.3. The first-order valence-electron chi connectivity index (χ1n) is 8.41. The third-order valence-corrected chi connectivity index (χ3v) is 3.95. The van der Waals surface area contributed by atoms with Crippen molar-refractivity contribution < 1.29 is 28.5 Å². The molecule has 0 saturated carbocycles. The van der Waals surface area contributed by atoms with Gasteiger partial charge in [0.2, 0.25) is 0 Å². The molecule has 3 aromatic carbocycles. The van der Waals surface area contributed by atoms with E-state index in [-0.39, 0.29) is 5.75 Å². The number of ether oxygens (including phenoxy) is 4. The molecule has 142 valence electrons. The van der Waals surface area contributed by atoms with E-state index >= 15 is 0 Å². The number of carbonyl (C=O) groups excluding carboxylic acids is 2. The molecule has 0 N–H and O–H groups in total. The molecule has 0 aliphatic heterocycles. The molecule has 0 spiro atoms. The molecule has 0 aliphatic carbocycles. The molecule has 0 bridgehead atoms. The molecule has 0 atom stereocenters. The lowest BCUT2D eigenvalue weighted by Crippen LogP contribution is -2.09. The number of benzene rings is 3. The van der Waals surface area contributed by atoms with Crippen LogP contribution in [0.25, 0.3) is 11.1 Å². The van der Waals surface area contributed by atoms with Crippen LogP contribution in [0.4, 0.5) is 4.79 Å². The summed E-state index contributed by atoms with van der Waals surface area (Å²) in [5.74, 6) is 0.975. The van der Waals surface area contributed by atoms with E-state index in [4.69, 9.17) is 14.2 Å². The number of esters is 1. The van der Waals surface area contributed by atoms with Gasteiger partial charge in [-0.25, -0.2) is 9.59 Å². The predicted octanol–water partition coefficient (Wildman–Crippen LogP) is 4.73. The van der Waals surface area contributed by atoms with Crippen LogP contribution >= 0.6 is 0 Å². The Labute approximate surface area is 162 Å². The zero-order valence-corrected chi connectivity index (χ0v) is 15.4. The van der Waals surface area contributed by atoms with Gasteiger partial charge < -0.3 is 18.9 Å². The SMILES string of the molecule is COC(=O)Oc1ccc(C(=O)Oc2ccc(-c3ccc(OC)cc3)cc2)cc1. The smallest absolute Gasteiger partial charge is 0.497 e. The topological polar surface area (TPSA) is 71.1 Å². The van der Waals surface area contributed by atoms with Crippen LogP contribution in [0.3, 0.4) is 0 Å². The largest absolute Gasteiger partial charge is 0.513 e. The zero-order valence-electron chi connectivity index (χ0n) is 15.4. The highest BCUT2D eigenvalue weighted by Gasteiger charge is 2.10. The standard InChI is InChI=1S/C22H18O6/c1-25-18-9-3-15(4-10-18)16-5-11-19(12-6-16)27-21(23)17-7-13-20(14-8-17)28-22(24)26-2/h3-14H,1-2H3. The van der Waals surface area contributed by atoms with E-state index in [2.05, 4.69) is 4.74 Å². The molecule has 0 heterocycles. The molecule has 6 heteroatoms. The third-order valence-electron chi connectivity index (χ3n) is 3.95. The fourth-order valence-electron chi connectivity index (χ4n) is 2.46. The van der Waals surface area contributed by atoms with Gasteiger partial charge in [-0.3, -0.25) is 0 Å². The number of carbonyl (C=O) groups is 2. The van der Waals surface area contributed by atoms with Crippen molar-refractivity contribution in [1.29, 1.82) is 0 Å². The van der Waals surface area contributed by atoms with Gasteiger partial charge in [0.1, 0.15) is 17.2 Å². The number of rotatable bonds is 5. The van der Waals surface area contributed by atoms with Crippen LogP contribution in [-0.2, 0) is 4.74 Å². The summed E-state index contributed by atoms with van der Waals surface area (Å²) in [6, 6.07) is 20.9. The van der Waals surface area contributed by atoms with Crippen molar-refractivity contribution in [3.8, 4) is 28.4 Å². The molecular formula is C22H18O6. The molecule has 3 aromatic rings. The normalized spacial score (nSPS) is 10.1. The summed E-state index contributed by atoms with van der Waals surface area (Å²) in [6.45, 7) is 0. The highest BCUT2D eigenvalue weighted by Crippen LogP contribution is 2.25. The minimum atomic E-state index is -0.827. The van der Waals surface area contributed by atoms with Crippen molar-refractivity contribution in [2.45, 2.75) is 0 Å². The van der Waals surface area contributed by atoms with Crippen molar-refractivity contribution in [2.75, 3.05) is 14.2 Å². The molecule has 0 saturated heterocycles. The minimum absolute atomic E-state index is 0.271. The molecule has 3 rings (SSSR count). The average molecular weight is 378 g/mol. The second-order valence-electron chi connectivity index (χ2n) is 5.72. The first-order chi connectivity index (χ1) is 13.6. The van der Waals surface area contributed by atoms with Crippen molar-refractivity contribution >= 4 is 12.1 Å². The van der Waals surface area contributed by atoms with Crippen LogP contribution in [0, 0.1) is 0 Å². The highest BCUT2D eigenvalue weighted by atomic mass is 16.7. The maximum absolute atomic E-state index is 12.3. The lowest BCUT2D eigenvalue weighted by atomic mass is 10.1. The van der Waals surface area contributed by atoms with E-state index in [9.17, 15) is 9.59 Å². The van der Waals surface area contributed by atoms with Gasteiger partial charge in [-0.15, -0.1) is 0 Å². The molecule has 0 unspecified atom stereocenters. The monoisotopic (exact) mass is 378 g/mol. The van der Waals surface area contributed by atoms with E-state index in [1.807, 2.05) is 36.4 Å². The Kier molecular flexibility index (Phi) is 5.91. The Bertz CT molecular complexity index is 944. The summed E-state index contributed by atoms with van der Waals surface area (Å²) in [5, 5.41) is 0. The molecule has 0 aliphatic rings. The molecule has 6 nitrogen and oxygen atoms in total. The summed E-state index contributed by atoms with van der Waals surface area (Å²) >= 11 is 0. The molecule has 0 amide bonds. The zero-order chi connectivity index (χ0) is 19.9. The van der Waals surface area contributed by atoms with Gasteiger partial charge in [0.25, 0.3) is 0 Å². The first kappa shape index (κ1) is 19.0. The quantitative estimate of drug-likeness (QED) is 0.363. The van der Waals surface area contributed by atoms with Crippen LogP contribution in [-0.4, -0.2) is 26.3 Å². The third kappa shape index (κ3) is 4.67. The first-order valence-corrected chi connectivity index (χ1v) is 8.41. The molecule has 0 radical (unpaired) electrons. The summed E-state index contributed by atoms with van der Waals surface area (Å²) in [5.41, 5.74) is 2.35. The van der Waals surface area contributed by atoms with Crippen molar-refractivity contribution in [2.24, 2.45) is 0 Å². The van der Waals surface area contributed by atoms with E-state index in [1.165, 1.54) is 31.4 Å². The van der Waals surface area contributed by atoms with Gasteiger partial charge in [-0.1, -0.05) is 24.3 Å². The number of hydrogen-bond acceptors (Lipinski definition) is 6. The van der Waals surface area contributed by atoms with Crippen LogP contribution in [0.2, 0.25) is 0 Å². The molecular weight excluding hydrogens is 360 g/mol. The summed E-state index contributed by atoms with van der Waals surface area (Å²) < 4.78 is 19.8. The fourth-order valence-corrected chi connectivity index (χ4v) is 2.46. The van der Waals surface area contributed by atoms with E-state index < -0.39 is 12.1 Å². The Hall–Kier alpha value is -3.80. The van der Waals surface area contributed by atoms with Crippen molar-refractivity contribution in [3.05, 3.63) is 78.4 Å². The van der Waals surface area contributed by atoms with Gasteiger partial charge in [0.05, 0.1) is 19.8 Å². The van der Waals surface area contributed by atoms with Gasteiger partial charge >= 0.3 is 12.1 Å². The van der Waals surface area contributed by atoms with Crippen LogP contribution in [0.1, 0.15) is 10.4 Å². The Balaban J connectivity index is 1.64. The highest BCUT2D eigenvalue weighted by molar-refractivity contribution is 5.91.